The highest BCUT2D eigenvalue weighted by atomic mass is 35.5. The van der Waals surface area contributed by atoms with E-state index in [1.807, 2.05) is 0 Å². The van der Waals surface area contributed by atoms with E-state index in [0.717, 1.165) is 0 Å². The van der Waals surface area contributed by atoms with Gasteiger partial charge in [-0.3, -0.25) is 14.4 Å². The molecule has 1 saturated heterocycles. The van der Waals surface area contributed by atoms with Crippen molar-refractivity contribution in [1.29, 1.82) is 0 Å². The van der Waals surface area contributed by atoms with Gasteiger partial charge in [0.05, 0.1) is 19.5 Å². The Labute approximate surface area is 158 Å². The first-order chi connectivity index (χ1) is 12.0. The Morgan fingerprint density at radius 2 is 1.73 bits per heavy atom. The van der Waals surface area contributed by atoms with Crippen molar-refractivity contribution in [2.24, 2.45) is 5.73 Å². The molecule has 0 atom stereocenters. The van der Waals surface area contributed by atoms with Gasteiger partial charge in [0, 0.05) is 26.2 Å². The van der Waals surface area contributed by atoms with Gasteiger partial charge in [-0.15, -0.1) is 12.4 Å². The molecule has 0 saturated carbocycles. The van der Waals surface area contributed by atoms with E-state index in [-0.39, 0.29) is 55.5 Å². The van der Waals surface area contributed by atoms with Gasteiger partial charge in [0.1, 0.15) is 5.82 Å². The molecule has 0 unspecified atom stereocenters. The van der Waals surface area contributed by atoms with E-state index in [1.54, 1.807) is 21.9 Å². The van der Waals surface area contributed by atoms with Crippen LogP contribution in [-0.4, -0.2) is 66.8 Å². The standard InChI is InChI=1S/C17H23FN4O3.ClH/c18-14-4-1-3-13(9-14)10-16(24)21-5-2-6-22(8-7-21)17(25)12-20-15(23)11-19;/h1,3-4,9H,2,5-8,10-12,19H2,(H,20,23);1H. The molecule has 3 N–H and O–H groups in total. The van der Waals surface area contributed by atoms with Gasteiger partial charge >= 0.3 is 0 Å². The van der Waals surface area contributed by atoms with E-state index in [1.165, 1.54) is 12.1 Å². The zero-order valence-electron chi connectivity index (χ0n) is 14.4. The summed E-state index contributed by atoms with van der Waals surface area (Å²) in [6.07, 6.45) is 0.795. The molecule has 0 bridgehead atoms. The lowest BCUT2D eigenvalue weighted by atomic mass is 10.1. The lowest BCUT2D eigenvalue weighted by Gasteiger charge is -2.22. The van der Waals surface area contributed by atoms with Crippen LogP contribution in [0.4, 0.5) is 4.39 Å². The second-order valence-electron chi connectivity index (χ2n) is 5.90. The maximum Gasteiger partial charge on any atom is 0.242 e. The Morgan fingerprint density at radius 1 is 1.08 bits per heavy atom. The summed E-state index contributed by atoms with van der Waals surface area (Å²) in [6.45, 7) is 1.66. The Morgan fingerprint density at radius 3 is 2.35 bits per heavy atom. The highest BCUT2D eigenvalue weighted by Gasteiger charge is 2.22. The smallest absolute Gasteiger partial charge is 0.242 e. The number of carbonyl (C=O) groups excluding carboxylic acids is 3. The Kier molecular flexibility index (Phi) is 9.01. The summed E-state index contributed by atoms with van der Waals surface area (Å²) in [5.41, 5.74) is 5.81. The summed E-state index contributed by atoms with van der Waals surface area (Å²) in [5, 5.41) is 2.45. The molecule has 0 aromatic heterocycles. The first-order valence-electron chi connectivity index (χ1n) is 8.26. The number of benzene rings is 1. The first-order valence-corrected chi connectivity index (χ1v) is 8.26. The molecule has 3 amide bonds. The van der Waals surface area contributed by atoms with Crippen LogP contribution in [0.2, 0.25) is 0 Å². The average molecular weight is 387 g/mol. The van der Waals surface area contributed by atoms with Crippen molar-refractivity contribution in [3.8, 4) is 0 Å². The van der Waals surface area contributed by atoms with Crippen LogP contribution in [0.25, 0.3) is 0 Å². The van der Waals surface area contributed by atoms with E-state index in [2.05, 4.69) is 5.32 Å². The van der Waals surface area contributed by atoms with Crippen molar-refractivity contribution in [2.45, 2.75) is 12.8 Å². The van der Waals surface area contributed by atoms with Gasteiger partial charge in [-0.1, -0.05) is 12.1 Å². The molecule has 7 nitrogen and oxygen atoms in total. The Hall–Kier alpha value is -2.19. The molecule has 0 aliphatic carbocycles. The quantitative estimate of drug-likeness (QED) is 0.740. The van der Waals surface area contributed by atoms with Crippen LogP contribution in [0, 0.1) is 5.82 Å². The second-order valence-corrected chi connectivity index (χ2v) is 5.90. The maximum absolute atomic E-state index is 13.2. The number of nitrogens with two attached hydrogens (primary N) is 1. The molecular weight excluding hydrogens is 363 g/mol. The van der Waals surface area contributed by atoms with E-state index in [9.17, 15) is 18.8 Å². The van der Waals surface area contributed by atoms with E-state index in [4.69, 9.17) is 5.73 Å². The molecule has 1 aromatic carbocycles. The van der Waals surface area contributed by atoms with Crippen LogP contribution in [0.5, 0.6) is 0 Å². The van der Waals surface area contributed by atoms with Gasteiger partial charge in [-0.05, 0) is 24.1 Å². The van der Waals surface area contributed by atoms with Crippen LogP contribution in [0.3, 0.4) is 0 Å². The van der Waals surface area contributed by atoms with Gasteiger partial charge < -0.3 is 20.9 Å². The number of rotatable bonds is 5. The van der Waals surface area contributed by atoms with Gasteiger partial charge in [-0.25, -0.2) is 4.39 Å². The highest BCUT2D eigenvalue weighted by Crippen LogP contribution is 2.09. The number of nitrogens with one attached hydrogen (secondary N) is 1. The summed E-state index contributed by atoms with van der Waals surface area (Å²) in [6, 6.07) is 5.99. The number of carbonyl (C=O) groups is 3. The summed E-state index contributed by atoms with van der Waals surface area (Å²) < 4.78 is 13.2. The third kappa shape index (κ3) is 6.61. The summed E-state index contributed by atoms with van der Waals surface area (Å²) in [4.78, 5) is 38.9. The predicted octanol–water partition coefficient (Wildman–Crippen LogP) is -0.0742. The third-order valence-electron chi connectivity index (χ3n) is 4.07. The van der Waals surface area contributed by atoms with Crippen LogP contribution in [0.15, 0.2) is 24.3 Å². The summed E-state index contributed by atoms with van der Waals surface area (Å²) in [7, 11) is 0. The van der Waals surface area contributed by atoms with E-state index in [0.29, 0.717) is 38.2 Å². The lowest BCUT2D eigenvalue weighted by molar-refractivity contribution is -0.133. The molecule has 26 heavy (non-hydrogen) atoms. The van der Waals surface area contributed by atoms with Crippen molar-refractivity contribution >= 4 is 30.1 Å². The third-order valence-corrected chi connectivity index (χ3v) is 4.07. The molecular formula is C17H24ClFN4O3. The van der Waals surface area contributed by atoms with E-state index < -0.39 is 0 Å². The molecule has 144 valence electrons. The highest BCUT2D eigenvalue weighted by molar-refractivity contribution is 5.86. The summed E-state index contributed by atoms with van der Waals surface area (Å²) >= 11 is 0. The van der Waals surface area contributed by atoms with E-state index >= 15 is 0 Å². The zero-order chi connectivity index (χ0) is 18.2. The van der Waals surface area contributed by atoms with Crippen molar-refractivity contribution in [3.05, 3.63) is 35.6 Å². The minimum Gasteiger partial charge on any atom is -0.346 e. The molecule has 1 heterocycles. The number of halogens is 2. The normalized spacial score (nSPS) is 14.2. The fraction of sp³-hybridized carbons (Fsp3) is 0.471. The molecule has 1 aliphatic rings. The van der Waals surface area contributed by atoms with Crippen LogP contribution in [-0.2, 0) is 20.8 Å². The predicted molar refractivity (Wildman–Crippen MR) is 97.2 cm³/mol. The minimum atomic E-state index is -0.380. The second kappa shape index (κ2) is 10.7. The maximum atomic E-state index is 13.2. The SMILES string of the molecule is Cl.NCC(=O)NCC(=O)N1CCCN(C(=O)Cc2cccc(F)c2)CC1. The molecule has 0 radical (unpaired) electrons. The minimum absolute atomic E-state index is 0. The zero-order valence-corrected chi connectivity index (χ0v) is 15.3. The van der Waals surface area contributed by atoms with Crippen molar-refractivity contribution < 1.29 is 18.8 Å². The molecule has 1 aromatic rings. The van der Waals surface area contributed by atoms with Gasteiger partial charge in [0.2, 0.25) is 17.7 Å². The van der Waals surface area contributed by atoms with Crippen LogP contribution in [0.1, 0.15) is 12.0 Å². The monoisotopic (exact) mass is 386 g/mol. The molecule has 9 heteroatoms. The topological polar surface area (TPSA) is 95.7 Å². The summed E-state index contributed by atoms with van der Waals surface area (Å²) in [5.74, 6) is -1.02. The van der Waals surface area contributed by atoms with Crippen LogP contribution >= 0.6 is 12.4 Å². The fourth-order valence-corrected chi connectivity index (χ4v) is 2.71. The van der Waals surface area contributed by atoms with Gasteiger partial charge in [0.15, 0.2) is 0 Å². The number of nitrogens with zero attached hydrogens (tertiary/aromatic N) is 2. The lowest BCUT2D eigenvalue weighted by Crippen LogP contribution is -2.43. The van der Waals surface area contributed by atoms with Crippen molar-refractivity contribution in [2.75, 3.05) is 39.3 Å². The largest absolute Gasteiger partial charge is 0.346 e. The number of amides is 3. The first kappa shape index (κ1) is 21.9. The fourth-order valence-electron chi connectivity index (χ4n) is 2.71. The van der Waals surface area contributed by atoms with Crippen molar-refractivity contribution in [3.63, 3.8) is 0 Å². The van der Waals surface area contributed by atoms with Crippen molar-refractivity contribution in [1.82, 2.24) is 15.1 Å². The average Bonchev–Trinajstić information content (AvgIpc) is 2.85. The Balaban J connectivity index is 0.00000338. The number of hydrogen-bond donors (Lipinski definition) is 2. The number of hydrogen-bond acceptors (Lipinski definition) is 4. The van der Waals surface area contributed by atoms with Gasteiger partial charge in [-0.2, -0.15) is 0 Å². The van der Waals surface area contributed by atoms with Crippen LogP contribution < -0.4 is 11.1 Å². The molecule has 1 fully saturated rings. The Bertz CT molecular complexity index is 644. The molecule has 1 aliphatic heterocycles. The molecule has 0 spiro atoms. The molecule has 2 rings (SSSR count). The van der Waals surface area contributed by atoms with Gasteiger partial charge in [0.25, 0.3) is 0 Å².